The van der Waals surface area contributed by atoms with Crippen molar-refractivity contribution in [3.8, 4) is 17.2 Å². The number of rotatable bonds is 5. The standard InChI is InChI=1S/C32H29F2N3O3/c1-19-8-10-22(11-9-19)29(38)37-31-18-32(33,34)20(2)26(28(31)21(3)40-30(31)39)15-14-25-13-12-24(17-36-25)27-7-5-4-6-23(27)16-35/h4-15,17,20-21,26,28H,18H2,1-3H3,(H,37,38)/b15-14+/t20-,21+,26-,28-,31-/m0/s1. The van der Waals surface area contributed by atoms with Crippen LogP contribution in [-0.4, -0.2) is 34.4 Å². The second-order valence-corrected chi connectivity index (χ2v) is 10.7. The van der Waals surface area contributed by atoms with Gasteiger partial charge >= 0.3 is 5.97 Å². The van der Waals surface area contributed by atoms with Crippen molar-refractivity contribution in [2.75, 3.05) is 0 Å². The number of aromatic nitrogens is 1. The molecule has 0 bridgehead atoms. The van der Waals surface area contributed by atoms with Crippen molar-refractivity contribution in [1.29, 1.82) is 5.26 Å². The first-order valence-electron chi connectivity index (χ1n) is 13.2. The highest BCUT2D eigenvalue weighted by molar-refractivity contribution is 5.99. The minimum atomic E-state index is -3.24. The molecule has 1 aromatic heterocycles. The molecule has 1 saturated carbocycles. The average Bonchev–Trinajstić information content (AvgIpc) is 3.17. The van der Waals surface area contributed by atoms with E-state index in [0.29, 0.717) is 11.3 Å². The highest BCUT2D eigenvalue weighted by Crippen LogP contribution is 2.55. The van der Waals surface area contributed by atoms with E-state index in [0.717, 1.165) is 16.7 Å². The summed E-state index contributed by atoms with van der Waals surface area (Å²) in [5, 5.41) is 12.1. The number of amides is 1. The topological polar surface area (TPSA) is 92.1 Å². The molecule has 6 nitrogen and oxygen atoms in total. The van der Waals surface area contributed by atoms with Gasteiger partial charge in [0.2, 0.25) is 0 Å². The third-order valence-corrected chi connectivity index (χ3v) is 8.19. The third-order valence-electron chi connectivity index (χ3n) is 8.19. The molecule has 0 radical (unpaired) electrons. The second-order valence-electron chi connectivity index (χ2n) is 10.7. The molecule has 2 aromatic carbocycles. The Morgan fingerprint density at radius 2 is 1.85 bits per heavy atom. The van der Waals surface area contributed by atoms with Gasteiger partial charge in [-0.05, 0) is 50.1 Å². The van der Waals surface area contributed by atoms with Gasteiger partial charge in [-0.1, -0.05) is 55.0 Å². The van der Waals surface area contributed by atoms with Gasteiger partial charge in [0.05, 0.1) is 17.3 Å². The molecule has 2 aliphatic rings. The molecule has 3 aromatic rings. The van der Waals surface area contributed by atoms with Gasteiger partial charge in [-0.15, -0.1) is 0 Å². The van der Waals surface area contributed by atoms with Crippen molar-refractivity contribution in [3.63, 3.8) is 0 Å². The summed E-state index contributed by atoms with van der Waals surface area (Å²) in [6.07, 6.45) is 3.43. The number of ether oxygens (including phenoxy) is 1. The summed E-state index contributed by atoms with van der Waals surface area (Å²) in [5.41, 5.74) is 1.92. The number of carbonyl (C=O) groups excluding carboxylic acids is 2. The van der Waals surface area contributed by atoms with Crippen LogP contribution in [0.1, 0.15) is 47.4 Å². The van der Waals surface area contributed by atoms with E-state index in [9.17, 15) is 14.9 Å². The summed E-state index contributed by atoms with van der Waals surface area (Å²) in [5.74, 6) is -7.29. The van der Waals surface area contributed by atoms with Crippen LogP contribution in [0.4, 0.5) is 8.78 Å². The maximum absolute atomic E-state index is 15.5. The van der Waals surface area contributed by atoms with E-state index >= 15 is 8.78 Å². The zero-order valence-corrected chi connectivity index (χ0v) is 22.4. The van der Waals surface area contributed by atoms with E-state index in [1.165, 1.54) is 6.92 Å². The summed E-state index contributed by atoms with van der Waals surface area (Å²) in [6, 6.07) is 19.6. The summed E-state index contributed by atoms with van der Waals surface area (Å²) in [7, 11) is 0. The summed E-state index contributed by atoms with van der Waals surface area (Å²) < 4.78 is 36.6. The molecule has 1 aliphatic carbocycles. The lowest BCUT2D eigenvalue weighted by Crippen LogP contribution is -2.66. The second kappa shape index (κ2) is 10.3. The molecule has 204 valence electrons. The zero-order valence-electron chi connectivity index (χ0n) is 22.4. The molecule has 1 amide bonds. The number of benzene rings is 2. The van der Waals surface area contributed by atoms with Crippen LogP contribution in [0.5, 0.6) is 0 Å². The summed E-state index contributed by atoms with van der Waals surface area (Å²) in [6.45, 7) is 5.02. The van der Waals surface area contributed by atoms with Crippen LogP contribution in [-0.2, 0) is 9.53 Å². The Bertz CT molecular complexity index is 1510. The predicted octanol–water partition coefficient (Wildman–Crippen LogP) is 5.96. The number of esters is 1. The number of hydrogen-bond donors (Lipinski definition) is 1. The fourth-order valence-electron chi connectivity index (χ4n) is 5.99. The van der Waals surface area contributed by atoms with Crippen LogP contribution >= 0.6 is 0 Å². The Morgan fingerprint density at radius 1 is 1.12 bits per heavy atom. The molecule has 1 N–H and O–H groups in total. The molecule has 2 heterocycles. The Hall–Kier alpha value is -4.38. The average molecular weight is 542 g/mol. The molecular weight excluding hydrogens is 512 g/mol. The number of alkyl halides is 2. The first-order valence-corrected chi connectivity index (χ1v) is 13.2. The highest BCUT2D eigenvalue weighted by atomic mass is 19.3. The van der Waals surface area contributed by atoms with Crippen LogP contribution in [0.25, 0.3) is 17.2 Å². The van der Waals surface area contributed by atoms with Gasteiger partial charge in [-0.3, -0.25) is 9.78 Å². The number of nitrogens with zero attached hydrogens (tertiary/aromatic N) is 2. The molecule has 5 rings (SSSR count). The number of pyridine rings is 1. The Labute approximate surface area is 231 Å². The fourth-order valence-corrected chi connectivity index (χ4v) is 5.99. The molecule has 1 saturated heterocycles. The number of nitrogens with one attached hydrogen (secondary N) is 1. The number of fused-ring (bicyclic) bond motifs is 1. The Kier molecular flexibility index (Phi) is 7.01. The van der Waals surface area contributed by atoms with Crippen molar-refractivity contribution in [3.05, 3.63) is 95.3 Å². The molecule has 0 unspecified atom stereocenters. The zero-order chi connectivity index (χ0) is 28.7. The van der Waals surface area contributed by atoms with E-state index < -0.39 is 53.6 Å². The molecule has 5 atom stereocenters. The smallest absolute Gasteiger partial charge is 0.332 e. The van der Waals surface area contributed by atoms with Crippen LogP contribution < -0.4 is 5.32 Å². The Morgan fingerprint density at radius 3 is 2.52 bits per heavy atom. The van der Waals surface area contributed by atoms with Gasteiger partial charge in [0.25, 0.3) is 11.8 Å². The Balaban J connectivity index is 1.46. The lowest BCUT2D eigenvalue weighted by atomic mass is 9.60. The van der Waals surface area contributed by atoms with Gasteiger partial charge in [-0.25, -0.2) is 13.6 Å². The SMILES string of the molecule is Cc1ccc(C(=O)N[C@@]23CC(F)(F)[C@@H](C)[C@H](/C=C/c4ccc(-c5ccccc5C#N)cn4)[C@@H]2[C@@H](C)OC3=O)cc1. The molecule has 8 heteroatoms. The maximum atomic E-state index is 15.5. The van der Waals surface area contributed by atoms with E-state index in [1.54, 1.807) is 67.7 Å². The number of carbonyl (C=O) groups is 2. The number of hydrogen-bond acceptors (Lipinski definition) is 5. The van der Waals surface area contributed by atoms with Crippen molar-refractivity contribution >= 4 is 18.0 Å². The van der Waals surface area contributed by atoms with Crippen molar-refractivity contribution in [2.45, 2.75) is 44.8 Å². The minimum Gasteiger partial charge on any atom is -0.460 e. The normalized spacial score (nSPS) is 27.1. The monoisotopic (exact) mass is 541 g/mol. The van der Waals surface area contributed by atoms with Gasteiger partial charge in [0.1, 0.15) is 6.10 Å². The molecule has 40 heavy (non-hydrogen) atoms. The number of halogens is 2. The number of nitriles is 1. The summed E-state index contributed by atoms with van der Waals surface area (Å²) in [4.78, 5) is 30.8. The van der Waals surface area contributed by atoms with Crippen LogP contribution in [0, 0.1) is 36.0 Å². The highest BCUT2D eigenvalue weighted by Gasteiger charge is 2.68. The summed E-state index contributed by atoms with van der Waals surface area (Å²) >= 11 is 0. The van der Waals surface area contributed by atoms with Crippen LogP contribution in [0.2, 0.25) is 0 Å². The van der Waals surface area contributed by atoms with E-state index in [4.69, 9.17) is 4.74 Å². The molecule has 2 fully saturated rings. The largest absolute Gasteiger partial charge is 0.460 e. The minimum absolute atomic E-state index is 0.280. The third kappa shape index (κ3) is 4.77. The van der Waals surface area contributed by atoms with E-state index in [-0.39, 0.29) is 5.56 Å². The lowest BCUT2D eigenvalue weighted by Gasteiger charge is -2.47. The molecule has 0 spiro atoms. The van der Waals surface area contributed by atoms with Crippen molar-refractivity contribution < 1.29 is 23.1 Å². The van der Waals surface area contributed by atoms with Crippen LogP contribution in [0.15, 0.2) is 72.9 Å². The van der Waals surface area contributed by atoms with Crippen LogP contribution in [0.3, 0.4) is 0 Å². The van der Waals surface area contributed by atoms with Crippen molar-refractivity contribution in [2.24, 2.45) is 17.8 Å². The molecular formula is C32H29F2N3O3. The van der Waals surface area contributed by atoms with E-state index in [2.05, 4.69) is 16.4 Å². The lowest BCUT2D eigenvalue weighted by molar-refractivity contribution is -0.158. The van der Waals surface area contributed by atoms with Crippen molar-refractivity contribution in [1.82, 2.24) is 10.3 Å². The predicted molar refractivity (Wildman–Crippen MR) is 146 cm³/mol. The number of cyclic esters (lactones) is 1. The van der Waals surface area contributed by atoms with Gasteiger partial charge in [0.15, 0.2) is 5.54 Å². The number of allylic oxidation sites excluding steroid dienone is 1. The number of aryl methyl sites for hydroxylation is 1. The molecule has 1 aliphatic heterocycles. The maximum Gasteiger partial charge on any atom is 0.332 e. The first kappa shape index (κ1) is 27.2. The fraction of sp³-hybridized carbons (Fsp3) is 0.312. The van der Waals surface area contributed by atoms with Gasteiger partial charge in [-0.2, -0.15) is 5.26 Å². The quantitative estimate of drug-likeness (QED) is 0.402. The van der Waals surface area contributed by atoms with Gasteiger partial charge in [0, 0.05) is 41.1 Å². The van der Waals surface area contributed by atoms with E-state index in [1.807, 2.05) is 25.1 Å². The first-order chi connectivity index (χ1) is 19.1. The van der Waals surface area contributed by atoms with Gasteiger partial charge < -0.3 is 10.1 Å².